The summed E-state index contributed by atoms with van der Waals surface area (Å²) in [5, 5.41) is 3.04. The number of aliphatic imine (C=N–C) groups is 1. The van der Waals surface area contributed by atoms with Gasteiger partial charge in [0.25, 0.3) is 0 Å². The molecule has 3 rings (SSSR count). The zero-order valence-electron chi connectivity index (χ0n) is 16.8. The highest BCUT2D eigenvalue weighted by Gasteiger charge is 2.26. The maximum atomic E-state index is 12.6. The number of hydrogen-bond acceptors (Lipinski definition) is 4. The Hall–Kier alpha value is -2.58. The van der Waals surface area contributed by atoms with Crippen LogP contribution in [0.1, 0.15) is 32.3 Å². The molecule has 0 aromatic heterocycles. The molecule has 3 N–H and O–H groups in total. The average molecular weight is 417 g/mol. The fourth-order valence-electron chi connectivity index (χ4n) is 3.10. The van der Waals surface area contributed by atoms with Gasteiger partial charge in [0.15, 0.2) is 5.96 Å². The average Bonchev–Trinajstić information content (AvgIpc) is 3.24. The van der Waals surface area contributed by atoms with Crippen molar-refractivity contribution in [3.63, 3.8) is 0 Å². The van der Waals surface area contributed by atoms with Crippen LogP contribution in [0.2, 0.25) is 0 Å². The number of rotatable bonds is 7. The fourth-order valence-corrected chi connectivity index (χ4v) is 4.61. The molecular weight excluding hydrogens is 388 g/mol. The van der Waals surface area contributed by atoms with Crippen molar-refractivity contribution in [1.29, 1.82) is 0 Å². The van der Waals surface area contributed by atoms with Crippen molar-refractivity contribution in [2.24, 2.45) is 10.7 Å². The van der Waals surface area contributed by atoms with E-state index in [4.69, 9.17) is 10.5 Å². The van der Waals surface area contributed by atoms with Gasteiger partial charge in [-0.05, 0) is 68.7 Å². The monoisotopic (exact) mass is 416 g/mol. The third-order valence-electron chi connectivity index (χ3n) is 4.56. The lowest BCUT2D eigenvalue weighted by molar-refractivity contribution is 0.242. The highest BCUT2D eigenvalue weighted by Crippen LogP contribution is 2.21. The molecule has 0 radical (unpaired) electrons. The Bertz CT molecular complexity index is 933. The normalized spacial score (nSPS) is 15.6. The molecule has 7 nitrogen and oxygen atoms in total. The molecule has 2 aromatic rings. The van der Waals surface area contributed by atoms with Crippen molar-refractivity contribution < 1.29 is 13.2 Å². The summed E-state index contributed by atoms with van der Waals surface area (Å²) in [5.74, 6) is 1.08. The summed E-state index contributed by atoms with van der Waals surface area (Å²) < 4.78 is 32.3. The Labute approximate surface area is 172 Å². The van der Waals surface area contributed by atoms with E-state index in [9.17, 15) is 8.42 Å². The third-order valence-corrected chi connectivity index (χ3v) is 6.47. The van der Waals surface area contributed by atoms with Gasteiger partial charge in [0.1, 0.15) is 5.75 Å². The number of hydrogen-bond donors (Lipinski definition) is 2. The lowest BCUT2D eigenvalue weighted by atomic mass is 10.2. The van der Waals surface area contributed by atoms with Crippen LogP contribution in [0.5, 0.6) is 5.75 Å². The number of anilines is 1. The van der Waals surface area contributed by atoms with Crippen LogP contribution in [-0.2, 0) is 16.6 Å². The van der Waals surface area contributed by atoms with E-state index in [0.29, 0.717) is 24.5 Å². The topological polar surface area (TPSA) is 97.0 Å². The predicted octanol–water partition coefficient (Wildman–Crippen LogP) is 3.19. The SMILES string of the molecule is CC(C)Oc1ccc(NC(N)=NCc2ccc(S(=O)(=O)N3CCCC3)cc2)cc1. The predicted molar refractivity (Wildman–Crippen MR) is 116 cm³/mol. The summed E-state index contributed by atoms with van der Waals surface area (Å²) in [6.07, 6.45) is 1.97. The summed E-state index contributed by atoms with van der Waals surface area (Å²) in [5.41, 5.74) is 7.66. The number of ether oxygens (including phenoxy) is 1. The Morgan fingerprint density at radius 3 is 2.31 bits per heavy atom. The van der Waals surface area contributed by atoms with Gasteiger partial charge in [-0.2, -0.15) is 4.31 Å². The molecule has 8 heteroatoms. The van der Waals surface area contributed by atoms with Crippen molar-refractivity contribution in [2.75, 3.05) is 18.4 Å². The van der Waals surface area contributed by atoms with Gasteiger partial charge >= 0.3 is 0 Å². The van der Waals surface area contributed by atoms with Gasteiger partial charge < -0.3 is 15.8 Å². The molecule has 1 aliphatic rings. The smallest absolute Gasteiger partial charge is 0.243 e. The van der Waals surface area contributed by atoms with Crippen LogP contribution >= 0.6 is 0 Å². The zero-order chi connectivity index (χ0) is 20.9. The summed E-state index contributed by atoms with van der Waals surface area (Å²) in [4.78, 5) is 4.64. The lowest BCUT2D eigenvalue weighted by Gasteiger charge is -2.15. The first-order chi connectivity index (χ1) is 13.8. The minimum Gasteiger partial charge on any atom is -0.491 e. The molecule has 0 amide bonds. The van der Waals surface area contributed by atoms with Gasteiger partial charge in [-0.1, -0.05) is 12.1 Å². The molecule has 0 spiro atoms. The summed E-state index contributed by atoms with van der Waals surface area (Å²) in [6.45, 7) is 5.51. The quantitative estimate of drug-likeness (QED) is 0.534. The highest BCUT2D eigenvalue weighted by molar-refractivity contribution is 7.89. The molecule has 0 unspecified atom stereocenters. The molecule has 0 saturated carbocycles. The molecule has 2 aromatic carbocycles. The van der Waals surface area contributed by atoms with Crippen molar-refractivity contribution >= 4 is 21.7 Å². The summed E-state index contributed by atoms with van der Waals surface area (Å²) in [6, 6.07) is 14.3. The number of sulfonamides is 1. The van der Waals surface area contributed by atoms with Crippen molar-refractivity contribution in [2.45, 2.75) is 44.2 Å². The number of nitrogens with two attached hydrogens (primary N) is 1. The second-order valence-electron chi connectivity index (χ2n) is 7.27. The Balaban J connectivity index is 1.57. The largest absolute Gasteiger partial charge is 0.491 e. The van der Waals surface area contributed by atoms with Gasteiger partial charge in [-0.25, -0.2) is 13.4 Å². The first-order valence-corrected chi connectivity index (χ1v) is 11.2. The number of nitrogens with zero attached hydrogens (tertiary/aromatic N) is 2. The molecule has 1 fully saturated rings. The Morgan fingerprint density at radius 1 is 1.10 bits per heavy atom. The first kappa shape index (κ1) is 21.1. The molecule has 1 heterocycles. The lowest BCUT2D eigenvalue weighted by Crippen LogP contribution is -2.27. The van der Waals surface area contributed by atoms with Gasteiger partial charge in [-0.15, -0.1) is 0 Å². The van der Waals surface area contributed by atoms with Crippen LogP contribution in [-0.4, -0.2) is 37.9 Å². The van der Waals surface area contributed by atoms with Gasteiger partial charge in [0, 0.05) is 18.8 Å². The van der Waals surface area contributed by atoms with E-state index >= 15 is 0 Å². The Morgan fingerprint density at radius 2 is 1.72 bits per heavy atom. The standard InChI is InChI=1S/C21H28N4O3S/c1-16(2)28-19-9-7-18(8-10-19)24-21(22)23-15-17-5-11-20(12-6-17)29(26,27)25-13-3-4-14-25/h5-12,16H,3-4,13-15H2,1-2H3,(H3,22,23,24). The van der Waals surface area contributed by atoms with Crippen molar-refractivity contribution in [3.05, 3.63) is 54.1 Å². The van der Waals surface area contributed by atoms with Crippen LogP contribution in [0.3, 0.4) is 0 Å². The van der Waals surface area contributed by atoms with Gasteiger partial charge in [-0.3, -0.25) is 0 Å². The van der Waals surface area contributed by atoms with Crippen LogP contribution in [0.15, 0.2) is 58.4 Å². The first-order valence-electron chi connectivity index (χ1n) is 9.77. The zero-order valence-corrected chi connectivity index (χ0v) is 17.7. The van der Waals surface area contributed by atoms with E-state index in [1.54, 1.807) is 28.6 Å². The number of benzene rings is 2. The van der Waals surface area contributed by atoms with Crippen molar-refractivity contribution in [1.82, 2.24) is 4.31 Å². The Kier molecular flexibility index (Phi) is 6.76. The van der Waals surface area contributed by atoms with E-state index in [2.05, 4.69) is 10.3 Å². The van der Waals surface area contributed by atoms with E-state index < -0.39 is 10.0 Å². The van der Waals surface area contributed by atoms with Crippen LogP contribution in [0.25, 0.3) is 0 Å². The second kappa shape index (κ2) is 9.28. The molecule has 156 valence electrons. The summed E-state index contributed by atoms with van der Waals surface area (Å²) in [7, 11) is -3.39. The van der Waals surface area contributed by atoms with Crippen LogP contribution in [0, 0.1) is 0 Å². The maximum Gasteiger partial charge on any atom is 0.243 e. The maximum absolute atomic E-state index is 12.6. The van der Waals surface area contributed by atoms with E-state index in [0.717, 1.165) is 29.8 Å². The fraction of sp³-hybridized carbons (Fsp3) is 0.381. The molecule has 1 aliphatic heterocycles. The minimum absolute atomic E-state index is 0.122. The number of nitrogens with one attached hydrogen (secondary N) is 1. The number of guanidine groups is 1. The third kappa shape index (κ3) is 5.71. The molecule has 29 heavy (non-hydrogen) atoms. The van der Waals surface area contributed by atoms with Crippen LogP contribution in [0.4, 0.5) is 5.69 Å². The van der Waals surface area contributed by atoms with Gasteiger partial charge in [0.05, 0.1) is 17.5 Å². The molecule has 1 saturated heterocycles. The molecule has 0 bridgehead atoms. The highest BCUT2D eigenvalue weighted by atomic mass is 32.2. The van der Waals surface area contributed by atoms with E-state index in [1.165, 1.54) is 0 Å². The minimum atomic E-state index is -3.39. The van der Waals surface area contributed by atoms with E-state index in [1.807, 2.05) is 38.1 Å². The molecule has 0 atom stereocenters. The molecule has 0 aliphatic carbocycles. The van der Waals surface area contributed by atoms with E-state index in [-0.39, 0.29) is 12.1 Å². The summed E-state index contributed by atoms with van der Waals surface area (Å²) >= 11 is 0. The van der Waals surface area contributed by atoms with Crippen LogP contribution < -0.4 is 15.8 Å². The second-order valence-corrected chi connectivity index (χ2v) is 9.21. The van der Waals surface area contributed by atoms with Gasteiger partial charge in [0.2, 0.25) is 10.0 Å². The molecular formula is C21H28N4O3S. The van der Waals surface area contributed by atoms with Crippen molar-refractivity contribution in [3.8, 4) is 5.75 Å².